The summed E-state index contributed by atoms with van der Waals surface area (Å²) in [5.74, 6) is -1.00. The topological polar surface area (TPSA) is 71.4 Å². The summed E-state index contributed by atoms with van der Waals surface area (Å²) in [7, 11) is 0. The van der Waals surface area contributed by atoms with E-state index >= 15 is 0 Å². The van der Waals surface area contributed by atoms with E-state index in [2.05, 4.69) is 35.9 Å². The molecule has 1 N–H and O–H groups in total. The van der Waals surface area contributed by atoms with Gasteiger partial charge in [0.1, 0.15) is 6.54 Å². The van der Waals surface area contributed by atoms with Crippen molar-refractivity contribution in [3.63, 3.8) is 0 Å². The molecule has 1 aromatic heterocycles. The van der Waals surface area contributed by atoms with Crippen LogP contribution in [-0.2, 0) is 15.8 Å². The number of hydrogen-bond acceptors (Lipinski definition) is 4. The minimum Gasteiger partial charge on any atom is -0.325 e. The second-order valence-corrected chi connectivity index (χ2v) is 10.3. The largest absolute Gasteiger partial charge is 0.416 e. The van der Waals surface area contributed by atoms with Crippen LogP contribution in [0.5, 0.6) is 0 Å². The van der Waals surface area contributed by atoms with Gasteiger partial charge in [0.05, 0.1) is 10.5 Å². The number of alkyl halides is 3. The molecule has 1 aliphatic rings. The van der Waals surface area contributed by atoms with Crippen LogP contribution in [0, 0.1) is 13.8 Å². The number of hydrogen-bond donors (Lipinski definition) is 1. The highest BCUT2D eigenvalue weighted by atomic mass is 32.2. The van der Waals surface area contributed by atoms with Gasteiger partial charge in [-0.25, -0.2) is 0 Å². The van der Waals surface area contributed by atoms with Gasteiger partial charge in [-0.2, -0.15) is 13.2 Å². The Morgan fingerprint density at radius 2 is 1.74 bits per heavy atom. The van der Waals surface area contributed by atoms with E-state index < -0.39 is 35.3 Å². The molecule has 3 aromatic rings. The fourth-order valence-corrected chi connectivity index (χ4v) is 5.06. The van der Waals surface area contributed by atoms with E-state index in [4.69, 9.17) is 0 Å². The molecule has 0 saturated carbocycles. The number of carbonyl (C=O) groups is 3. The van der Waals surface area contributed by atoms with Crippen LogP contribution in [0.3, 0.4) is 0 Å². The normalized spacial score (nSPS) is 15.2. The van der Waals surface area contributed by atoms with E-state index in [-0.39, 0.29) is 10.6 Å². The molecule has 38 heavy (non-hydrogen) atoms. The first kappa shape index (κ1) is 27.3. The van der Waals surface area contributed by atoms with Crippen molar-refractivity contribution in [2.75, 3.05) is 11.9 Å². The van der Waals surface area contributed by atoms with Crippen LogP contribution in [0.25, 0.3) is 11.8 Å². The number of anilines is 1. The Kier molecular flexibility index (Phi) is 7.55. The summed E-state index contributed by atoms with van der Waals surface area (Å²) in [5.41, 5.74) is 3.79. The lowest BCUT2D eigenvalue weighted by molar-refractivity contribution is -0.137. The average molecular weight is 542 g/mol. The standard InChI is InChI=1S/C28H26F3N3O3S/c1-16(2)19-8-10-23(11-9-19)34-17(3)12-20(18(34)4)13-24-26(36)33(27(37)38-24)15-25(35)32-22-7-5-6-21(14-22)28(29,30)31/h5-14,16H,15H2,1-4H3,(H,32,35)/b24-13-. The molecule has 0 aliphatic carbocycles. The predicted molar refractivity (Wildman–Crippen MR) is 142 cm³/mol. The molecule has 2 heterocycles. The zero-order chi connectivity index (χ0) is 27.8. The van der Waals surface area contributed by atoms with Gasteiger partial charge in [-0.1, -0.05) is 32.0 Å². The molecular formula is C28H26F3N3O3S. The number of imide groups is 1. The Morgan fingerprint density at radius 3 is 2.37 bits per heavy atom. The minimum atomic E-state index is -4.56. The minimum absolute atomic E-state index is 0.0822. The fourth-order valence-electron chi connectivity index (χ4n) is 4.23. The van der Waals surface area contributed by atoms with Crippen molar-refractivity contribution in [3.05, 3.63) is 87.6 Å². The van der Waals surface area contributed by atoms with Crippen LogP contribution in [0.4, 0.5) is 23.7 Å². The van der Waals surface area contributed by atoms with Crippen LogP contribution in [0.1, 0.15) is 47.8 Å². The van der Waals surface area contributed by atoms with E-state index in [9.17, 15) is 27.6 Å². The van der Waals surface area contributed by atoms with Crippen LogP contribution < -0.4 is 5.32 Å². The van der Waals surface area contributed by atoms with Crippen molar-refractivity contribution in [3.8, 4) is 5.69 Å². The third kappa shape index (κ3) is 5.70. The van der Waals surface area contributed by atoms with Gasteiger partial charge in [-0.3, -0.25) is 19.3 Å². The van der Waals surface area contributed by atoms with Gasteiger partial charge in [0, 0.05) is 22.8 Å². The monoisotopic (exact) mass is 541 g/mol. The van der Waals surface area contributed by atoms with Gasteiger partial charge in [0.2, 0.25) is 5.91 Å². The van der Waals surface area contributed by atoms with E-state index in [1.165, 1.54) is 11.6 Å². The first-order chi connectivity index (χ1) is 17.8. The molecule has 0 unspecified atom stereocenters. The third-order valence-corrected chi connectivity index (χ3v) is 7.13. The number of thioether (sulfide) groups is 1. The lowest BCUT2D eigenvalue weighted by Gasteiger charge is -2.13. The van der Waals surface area contributed by atoms with Gasteiger partial charge in [0.15, 0.2) is 0 Å². The lowest BCUT2D eigenvalue weighted by atomic mass is 10.0. The van der Waals surface area contributed by atoms with Crippen molar-refractivity contribution < 1.29 is 27.6 Å². The molecule has 10 heteroatoms. The maximum Gasteiger partial charge on any atom is 0.416 e. The zero-order valence-corrected chi connectivity index (χ0v) is 22.0. The Hall–Kier alpha value is -3.79. The summed E-state index contributed by atoms with van der Waals surface area (Å²) in [5, 5.41) is 1.69. The van der Waals surface area contributed by atoms with Crippen LogP contribution in [-0.4, -0.2) is 33.1 Å². The molecular weight excluding hydrogens is 515 g/mol. The average Bonchev–Trinajstić information content (AvgIpc) is 3.27. The van der Waals surface area contributed by atoms with Gasteiger partial charge < -0.3 is 9.88 Å². The van der Waals surface area contributed by atoms with Crippen molar-refractivity contribution in [2.45, 2.75) is 39.8 Å². The summed E-state index contributed by atoms with van der Waals surface area (Å²) in [4.78, 5) is 38.9. The SMILES string of the molecule is Cc1cc(/C=C2\SC(=O)N(CC(=O)Nc3cccc(C(F)(F)F)c3)C2=O)c(C)n1-c1ccc(C(C)C)cc1. The number of nitrogens with one attached hydrogen (secondary N) is 1. The van der Waals surface area contributed by atoms with Crippen molar-refractivity contribution in [1.82, 2.24) is 9.47 Å². The van der Waals surface area contributed by atoms with Gasteiger partial charge in [0.25, 0.3) is 11.1 Å². The number of nitrogens with zero attached hydrogens (tertiary/aromatic N) is 2. The van der Waals surface area contributed by atoms with Crippen LogP contribution in [0.15, 0.2) is 59.5 Å². The van der Waals surface area contributed by atoms with Gasteiger partial charge in [-0.15, -0.1) is 0 Å². The van der Waals surface area contributed by atoms with Crippen molar-refractivity contribution in [1.29, 1.82) is 0 Å². The summed E-state index contributed by atoms with van der Waals surface area (Å²) < 4.78 is 40.9. The molecule has 1 saturated heterocycles. The Balaban J connectivity index is 1.50. The summed E-state index contributed by atoms with van der Waals surface area (Å²) >= 11 is 0.716. The van der Waals surface area contributed by atoms with Gasteiger partial charge in [-0.05, 0) is 85.1 Å². The van der Waals surface area contributed by atoms with Crippen LogP contribution in [0.2, 0.25) is 0 Å². The second-order valence-electron chi connectivity index (χ2n) is 9.30. The molecule has 0 bridgehead atoms. The highest BCUT2D eigenvalue weighted by Crippen LogP contribution is 2.34. The van der Waals surface area contributed by atoms with Crippen molar-refractivity contribution in [2.24, 2.45) is 0 Å². The Labute approximate surface area is 222 Å². The lowest BCUT2D eigenvalue weighted by Crippen LogP contribution is -2.36. The highest BCUT2D eigenvalue weighted by molar-refractivity contribution is 8.18. The molecule has 2 aromatic carbocycles. The van der Waals surface area contributed by atoms with E-state index in [1.807, 2.05) is 32.0 Å². The maximum atomic E-state index is 12.9. The molecule has 4 rings (SSSR count). The van der Waals surface area contributed by atoms with E-state index in [1.54, 1.807) is 6.08 Å². The molecule has 3 amide bonds. The molecule has 1 fully saturated rings. The second kappa shape index (κ2) is 10.5. The van der Waals surface area contributed by atoms with Gasteiger partial charge >= 0.3 is 6.18 Å². The summed E-state index contributed by atoms with van der Waals surface area (Å²) in [6, 6.07) is 14.3. The number of rotatable bonds is 6. The van der Waals surface area contributed by atoms with E-state index in [0.717, 1.165) is 45.7 Å². The first-order valence-corrected chi connectivity index (χ1v) is 12.7. The number of benzene rings is 2. The summed E-state index contributed by atoms with van der Waals surface area (Å²) in [6.45, 7) is 7.51. The number of aromatic nitrogens is 1. The molecule has 1 aliphatic heterocycles. The quantitative estimate of drug-likeness (QED) is 0.344. The molecule has 0 spiro atoms. The van der Waals surface area contributed by atoms with Crippen LogP contribution >= 0.6 is 11.8 Å². The molecule has 0 radical (unpaired) electrons. The Morgan fingerprint density at radius 1 is 1.05 bits per heavy atom. The number of carbonyl (C=O) groups excluding carboxylic acids is 3. The fraction of sp³-hybridized carbons (Fsp3) is 0.250. The molecule has 0 atom stereocenters. The number of amides is 3. The zero-order valence-electron chi connectivity index (χ0n) is 21.2. The highest BCUT2D eigenvalue weighted by Gasteiger charge is 2.37. The summed E-state index contributed by atoms with van der Waals surface area (Å²) in [6.07, 6.45) is -2.94. The smallest absolute Gasteiger partial charge is 0.325 e. The third-order valence-electron chi connectivity index (χ3n) is 6.22. The molecule has 198 valence electrons. The number of halogens is 3. The maximum absolute atomic E-state index is 12.9. The first-order valence-electron chi connectivity index (χ1n) is 11.9. The Bertz CT molecular complexity index is 1440. The molecule has 6 nitrogen and oxygen atoms in total. The predicted octanol–water partition coefficient (Wildman–Crippen LogP) is 6.91. The number of aryl methyl sites for hydroxylation is 1. The van der Waals surface area contributed by atoms with Crippen molar-refractivity contribution >= 4 is 40.6 Å². The van der Waals surface area contributed by atoms with E-state index in [0.29, 0.717) is 17.7 Å².